The Kier molecular flexibility index (Phi) is 8.91. The molecule has 10 rings (SSSR count). The predicted molar refractivity (Wildman–Crippen MR) is 255 cm³/mol. The molecule has 4 heteroatoms. The van der Waals surface area contributed by atoms with Gasteiger partial charge in [-0.1, -0.05) is 128 Å². The molecule has 3 heterocycles. The highest BCUT2D eigenvalue weighted by Gasteiger charge is 2.44. The molecule has 2 aliphatic heterocycles. The lowest BCUT2D eigenvalue weighted by Gasteiger charge is -2.45. The smallest absolute Gasteiger partial charge is 0.252 e. The predicted octanol–water partition coefficient (Wildman–Crippen LogP) is 14.3. The van der Waals surface area contributed by atoms with E-state index in [1.807, 2.05) is 11.3 Å². The maximum atomic E-state index is 2.60. The Labute approximate surface area is 348 Å². The second-order valence-electron chi connectivity index (χ2n) is 17.7. The first-order chi connectivity index (χ1) is 28.1. The second kappa shape index (κ2) is 14.1. The molecule has 58 heavy (non-hydrogen) atoms. The molecule has 0 radical (unpaired) electrons. The van der Waals surface area contributed by atoms with Crippen molar-refractivity contribution in [2.75, 3.05) is 9.80 Å². The van der Waals surface area contributed by atoms with Crippen LogP contribution in [0.5, 0.6) is 0 Å². The summed E-state index contributed by atoms with van der Waals surface area (Å²) in [5.74, 6) is 1.70. The Morgan fingerprint density at radius 3 is 1.59 bits per heavy atom. The van der Waals surface area contributed by atoms with Crippen molar-refractivity contribution < 1.29 is 0 Å². The first kappa shape index (κ1) is 36.7. The Morgan fingerprint density at radius 1 is 0.414 bits per heavy atom. The Hall–Kier alpha value is -5.58. The summed E-state index contributed by atoms with van der Waals surface area (Å²) in [4.78, 5) is 5.13. The van der Waals surface area contributed by atoms with Gasteiger partial charge in [0.1, 0.15) is 0 Å². The zero-order valence-electron chi connectivity index (χ0n) is 35.0. The molecular weight excluding hydrogens is 719 g/mol. The van der Waals surface area contributed by atoms with E-state index < -0.39 is 0 Å². The zero-order chi connectivity index (χ0) is 40.0. The lowest BCUT2D eigenvalue weighted by Crippen LogP contribution is -2.61. The Morgan fingerprint density at radius 2 is 0.948 bits per heavy atom. The van der Waals surface area contributed by atoms with Crippen molar-refractivity contribution >= 4 is 88.7 Å². The fourth-order valence-corrected chi connectivity index (χ4v) is 10.6. The van der Waals surface area contributed by atoms with Gasteiger partial charge < -0.3 is 9.80 Å². The van der Waals surface area contributed by atoms with E-state index in [2.05, 4.69) is 205 Å². The van der Waals surface area contributed by atoms with Crippen LogP contribution < -0.4 is 26.2 Å². The van der Waals surface area contributed by atoms with E-state index in [1.54, 1.807) is 0 Å². The molecule has 286 valence electrons. The van der Waals surface area contributed by atoms with E-state index in [1.165, 1.54) is 104 Å². The van der Waals surface area contributed by atoms with Gasteiger partial charge in [-0.3, -0.25) is 0 Å². The third-order valence-electron chi connectivity index (χ3n) is 12.8. The Balaban J connectivity index is 1.27. The first-order valence-electron chi connectivity index (χ1n) is 21.2. The zero-order valence-corrected chi connectivity index (χ0v) is 35.8. The van der Waals surface area contributed by atoms with Gasteiger partial charge >= 0.3 is 0 Å². The molecule has 0 unspecified atom stereocenters. The van der Waals surface area contributed by atoms with Gasteiger partial charge in [0, 0.05) is 54.2 Å². The fraction of sp³-hybridized carbons (Fsp3) is 0.222. The number of hydrogen-bond acceptors (Lipinski definition) is 3. The quantitative estimate of drug-likeness (QED) is 0.149. The molecule has 0 spiro atoms. The summed E-state index contributed by atoms with van der Waals surface area (Å²) in [7, 11) is 0. The van der Waals surface area contributed by atoms with Gasteiger partial charge in [-0.2, -0.15) is 0 Å². The van der Waals surface area contributed by atoms with E-state index in [0.29, 0.717) is 23.7 Å². The van der Waals surface area contributed by atoms with Crippen molar-refractivity contribution in [2.24, 2.45) is 0 Å². The summed E-state index contributed by atoms with van der Waals surface area (Å²) >= 11 is 1.88. The van der Waals surface area contributed by atoms with Gasteiger partial charge in [0.05, 0.1) is 5.69 Å². The van der Waals surface area contributed by atoms with Crippen LogP contribution in [0.3, 0.4) is 0 Å². The molecule has 1 aromatic heterocycles. The van der Waals surface area contributed by atoms with Crippen LogP contribution in [0.1, 0.15) is 101 Å². The van der Waals surface area contributed by atoms with Gasteiger partial charge in [-0.25, -0.2) is 0 Å². The van der Waals surface area contributed by atoms with Crippen LogP contribution >= 0.6 is 11.3 Å². The molecule has 2 nitrogen and oxygen atoms in total. The number of nitrogens with zero attached hydrogens (tertiary/aromatic N) is 2. The number of anilines is 6. The topological polar surface area (TPSA) is 6.48 Å². The normalized spacial score (nSPS) is 13.3. The molecule has 0 saturated carbocycles. The fourth-order valence-electron chi connectivity index (χ4n) is 9.48. The number of fused-ring (bicyclic) bond motifs is 7. The summed E-state index contributed by atoms with van der Waals surface area (Å²) < 4.78 is 2.67. The van der Waals surface area contributed by atoms with Crippen molar-refractivity contribution in [3.8, 4) is 11.1 Å². The monoisotopic (exact) mass is 770 g/mol. The maximum absolute atomic E-state index is 2.60. The van der Waals surface area contributed by atoms with Crippen LogP contribution in [0, 0.1) is 0 Å². The van der Waals surface area contributed by atoms with E-state index in [4.69, 9.17) is 0 Å². The summed E-state index contributed by atoms with van der Waals surface area (Å²) in [5, 5.41) is 2.66. The molecule has 0 fully saturated rings. The highest BCUT2D eigenvalue weighted by atomic mass is 32.1. The molecule has 0 N–H and O–H groups in total. The summed E-state index contributed by atoms with van der Waals surface area (Å²) in [6.07, 6.45) is 0. The van der Waals surface area contributed by atoms with E-state index >= 15 is 0 Å². The lowest BCUT2D eigenvalue weighted by atomic mass is 9.33. The maximum Gasteiger partial charge on any atom is 0.252 e. The standard InChI is InChI=1S/C54H51BN2S/c1-32(2)36-16-22-41(23-17-36)56-48-25-19-38(34(5)6)30-45(48)55-46-31-39(35(7)8)20-26-49(46)57(51-14-11-13-50(56)54(51)55)47-24-18-37(33(3)4)28-43(47)40-21-27-53-44(29-40)42-12-9-10-15-52(42)58-53/h9-35H,1-8H3. The third-order valence-corrected chi connectivity index (χ3v) is 14.0. The molecule has 7 aromatic carbocycles. The van der Waals surface area contributed by atoms with Crippen molar-refractivity contribution in [1.29, 1.82) is 0 Å². The summed E-state index contributed by atoms with van der Waals surface area (Å²) in [5.41, 5.74) is 19.5. The highest BCUT2D eigenvalue weighted by molar-refractivity contribution is 7.25. The van der Waals surface area contributed by atoms with Crippen LogP contribution in [0.15, 0.2) is 140 Å². The van der Waals surface area contributed by atoms with Crippen LogP contribution in [0.25, 0.3) is 31.3 Å². The Bertz CT molecular complexity index is 2880. The van der Waals surface area contributed by atoms with Crippen molar-refractivity contribution in [2.45, 2.75) is 79.1 Å². The van der Waals surface area contributed by atoms with Gasteiger partial charge in [-0.05, 0) is 135 Å². The summed E-state index contributed by atoms with van der Waals surface area (Å²) in [6, 6.07) is 54.1. The molecule has 2 aliphatic rings. The van der Waals surface area contributed by atoms with E-state index in [0.717, 1.165) is 0 Å². The van der Waals surface area contributed by atoms with E-state index in [-0.39, 0.29) is 6.71 Å². The number of rotatable bonds is 7. The number of benzene rings is 7. The minimum atomic E-state index is 0.0861. The van der Waals surface area contributed by atoms with Crippen molar-refractivity contribution in [1.82, 2.24) is 0 Å². The molecule has 0 atom stereocenters. The second-order valence-corrected chi connectivity index (χ2v) is 18.8. The highest BCUT2D eigenvalue weighted by Crippen LogP contribution is 2.48. The average Bonchev–Trinajstić information content (AvgIpc) is 3.61. The molecule has 0 bridgehead atoms. The molecular formula is C54H51BN2S. The van der Waals surface area contributed by atoms with Gasteiger partial charge in [0.25, 0.3) is 6.71 Å². The molecule has 0 saturated heterocycles. The lowest BCUT2D eigenvalue weighted by molar-refractivity contribution is 0.866. The average molecular weight is 771 g/mol. The van der Waals surface area contributed by atoms with Crippen molar-refractivity contribution in [3.05, 3.63) is 162 Å². The molecule has 0 aliphatic carbocycles. The van der Waals surface area contributed by atoms with Crippen LogP contribution in [-0.4, -0.2) is 6.71 Å². The number of hydrogen-bond donors (Lipinski definition) is 0. The SMILES string of the molecule is CC(C)c1ccc(N2c3ccc(C(C)C)cc3B3c4cc(C(C)C)ccc4N(c4ccc(C(C)C)cc4-c4ccc5sc6ccccc6c5c4)c4cccc2c43)cc1. The first-order valence-corrected chi connectivity index (χ1v) is 22.1. The van der Waals surface area contributed by atoms with Crippen LogP contribution in [0.4, 0.5) is 34.1 Å². The molecule has 8 aromatic rings. The van der Waals surface area contributed by atoms with Crippen LogP contribution in [0.2, 0.25) is 0 Å². The number of thiophene rings is 1. The third kappa shape index (κ3) is 5.82. The van der Waals surface area contributed by atoms with Gasteiger partial charge in [0.2, 0.25) is 0 Å². The van der Waals surface area contributed by atoms with Crippen molar-refractivity contribution in [3.63, 3.8) is 0 Å². The van der Waals surface area contributed by atoms with E-state index in [9.17, 15) is 0 Å². The minimum absolute atomic E-state index is 0.0861. The van der Waals surface area contributed by atoms with Gasteiger partial charge in [0.15, 0.2) is 0 Å². The van der Waals surface area contributed by atoms with Gasteiger partial charge in [-0.15, -0.1) is 11.3 Å². The largest absolute Gasteiger partial charge is 0.311 e. The molecule has 0 amide bonds. The summed E-state index contributed by atoms with van der Waals surface area (Å²) in [6.45, 7) is 18.5. The minimum Gasteiger partial charge on any atom is -0.311 e. The van der Waals surface area contributed by atoms with Crippen LogP contribution in [-0.2, 0) is 0 Å².